The monoisotopic (exact) mass is 841 g/mol. The van der Waals surface area contributed by atoms with Crippen LogP contribution in [0, 0.1) is 41.5 Å². The molecular weight excluding hydrogens is 769 g/mol. The van der Waals surface area contributed by atoms with Gasteiger partial charge in [0.2, 0.25) is 0 Å². The van der Waals surface area contributed by atoms with Gasteiger partial charge in [-0.3, -0.25) is 0 Å². The van der Waals surface area contributed by atoms with Crippen molar-refractivity contribution in [3.63, 3.8) is 0 Å². The molecule has 0 aliphatic heterocycles. The lowest BCUT2D eigenvalue weighted by molar-refractivity contribution is 0.531. The average molecular weight is 841 g/mol. The van der Waals surface area contributed by atoms with Crippen molar-refractivity contribution in [3.05, 3.63) is 165 Å². The molecule has 0 atom stereocenters. The summed E-state index contributed by atoms with van der Waals surface area (Å²) in [6.07, 6.45) is 0. The first-order valence-corrected chi connectivity index (χ1v) is 23.7. The first-order chi connectivity index (χ1) is 29.8. The van der Waals surface area contributed by atoms with E-state index < -0.39 is 0 Å². The molecule has 0 spiro atoms. The zero-order valence-corrected chi connectivity index (χ0v) is 42.4. The van der Waals surface area contributed by atoms with Crippen molar-refractivity contribution in [2.45, 2.75) is 146 Å². The van der Waals surface area contributed by atoms with Gasteiger partial charge in [-0.05, 0) is 209 Å². The highest BCUT2D eigenvalue weighted by Gasteiger charge is 2.34. The molecule has 8 aromatic carbocycles. The highest BCUT2D eigenvalue weighted by molar-refractivity contribution is 6.34. The van der Waals surface area contributed by atoms with Crippen LogP contribution in [0.15, 0.2) is 109 Å². The summed E-state index contributed by atoms with van der Waals surface area (Å²) in [6.45, 7) is 42.6. The summed E-state index contributed by atoms with van der Waals surface area (Å²) >= 11 is 0. The van der Waals surface area contributed by atoms with Gasteiger partial charge in [0.05, 0.1) is 0 Å². The fourth-order valence-corrected chi connectivity index (χ4v) is 11.3. The van der Waals surface area contributed by atoms with E-state index in [9.17, 15) is 0 Å². The Morgan fingerprint density at radius 2 is 0.500 bits per heavy atom. The molecular formula is C64H72. The van der Waals surface area contributed by atoms with Crippen LogP contribution in [0.3, 0.4) is 0 Å². The molecule has 64 heavy (non-hydrogen) atoms. The summed E-state index contributed by atoms with van der Waals surface area (Å²) in [5.74, 6) is 0. The Morgan fingerprint density at radius 1 is 0.266 bits per heavy atom. The van der Waals surface area contributed by atoms with E-state index in [1.165, 1.54) is 132 Å². The zero-order chi connectivity index (χ0) is 46.6. The van der Waals surface area contributed by atoms with E-state index in [0.717, 1.165) is 0 Å². The standard InChI is InChI=1S/C64H72/c1-37-29-39(3)53(40(4)30-37)57-47-35-51(63(13,14)15)49(61(7,8)9)33-45(47)56(44-27-23-20-24-28-44)60-58(54-41(5)31-38(2)32-42(54)6)48-36-52(64(16,17)18)50(62(10,11)12)34-46(48)55(59(57)60)43-25-21-19-22-26-43/h19-36H,1-18H3. The molecule has 0 heteroatoms. The van der Waals surface area contributed by atoms with Crippen LogP contribution in [-0.4, -0.2) is 0 Å². The Morgan fingerprint density at radius 3 is 0.734 bits per heavy atom. The quantitative estimate of drug-likeness (QED) is 0.155. The van der Waals surface area contributed by atoms with Gasteiger partial charge < -0.3 is 0 Å². The predicted molar refractivity (Wildman–Crippen MR) is 284 cm³/mol. The predicted octanol–water partition coefficient (Wildman–Crippen LogP) is 18.9. The van der Waals surface area contributed by atoms with Gasteiger partial charge in [0.25, 0.3) is 0 Å². The molecule has 0 aliphatic rings. The first kappa shape index (κ1) is 45.1. The highest BCUT2D eigenvalue weighted by atomic mass is 14.4. The van der Waals surface area contributed by atoms with Gasteiger partial charge >= 0.3 is 0 Å². The lowest BCUT2D eigenvalue weighted by atomic mass is 9.69. The summed E-state index contributed by atoms with van der Waals surface area (Å²) in [7, 11) is 0. The maximum absolute atomic E-state index is 2.63. The molecule has 8 rings (SSSR count). The van der Waals surface area contributed by atoms with Crippen LogP contribution in [0.2, 0.25) is 0 Å². The fraction of sp³-hybridized carbons (Fsp3) is 0.344. The van der Waals surface area contributed by atoms with Crippen LogP contribution in [-0.2, 0) is 21.7 Å². The summed E-state index contributed by atoms with van der Waals surface area (Å²) < 4.78 is 0. The van der Waals surface area contributed by atoms with Crippen LogP contribution in [0.5, 0.6) is 0 Å². The number of hydrogen-bond donors (Lipinski definition) is 0. The topological polar surface area (TPSA) is 0 Å². The summed E-state index contributed by atoms with van der Waals surface area (Å²) in [5.41, 5.74) is 23.6. The molecule has 0 saturated carbocycles. The Labute approximate surface area is 386 Å². The SMILES string of the molecule is Cc1cc(C)c(-c2c3cc(C(C)(C)C)c(C(C)(C)C)cc3c(-c3ccccc3)c3c(-c4c(C)cc(C)cc4C)c4cc(C(C)(C)C)c(C(C)(C)C)cc4c(-c4ccccc4)c23)c(C)c1. The summed E-state index contributed by atoms with van der Waals surface area (Å²) in [5, 5.41) is 7.94. The fourth-order valence-electron chi connectivity index (χ4n) is 11.3. The Balaban J connectivity index is 1.91. The minimum Gasteiger partial charge on any atom is -0.0622 e. The molecule has 0 fully saturated rings. The third-order valence-corrected chi connectivity index (χ3v) is 13.9. The lowest BCUT2D eigenvalue weighted by Crippen LogP contribution is -2.22. The molecule has 328 valence electrons. The molecule has 0 saturated heterocycles. The van der Waals surface area contributed by atoms with Crippen molar-refractivity contribution in [2.24, 2.45) is 0 Å². The molecule has 0 unspecified atom stereocenters. The van der Waals surface area contributed by atoms with Crippen LogP contribution in [0.1, 0.15) is 139 Å². The number of benzene rings is 8. The van der Waals surface area contributed by atoms with E-state index in [0.29, 0.717) is 0 Å². The van der Waals surface area contributed by atoms with Crippen molar-refractivity contribution in [3.8, 4) is 44.5 Å². The Hall–Kier alpha value is -5.46. The number of hydrogen-bond acceptors (Lipinski definition) is 0. The minimum atomic E-state index is -0.0921. The normalized spacial score (nSPS) is 12.8. The molecule has 0 bridgehead atoms. The number of fused-ring (bicyclic) bond motifs is 3. The molecule has 0 N–H and O–H groups in total. The Bertz CT molecular complexity index is 2880. The third kappa shape index (κ3) is 7.70. The van der Waals surface area contributed by atoms with Gasteiger partial charge in [-0.1, -0.05) is 179 Å². The van der Waals surface area contributed by atoms with E-state index in [-0.39, 0.29) is 21.7 Å². The van der Waals surface area contributed by atoms with Crippen LogP contribution in [0.4, 0.5) is 0 Å². The largest absolute Gasteiger partial charge is 0.0622 e. The molecule has 0 aromatic heterocycles. The summed E-state index contributed by atoms with van der Waals surface area (Å²) in [6, 6.07) is 42.8. The molecule has 0 heterocycles. The van der Waals surface area contributed by atoms with Crippen molar-refractivity contribution >= 4 is 32.3 Å². The molecule has 0 nitrogen and oxygen atoms in total. The van der Waals surface area contributed by atoms with Gasteiger partial charge in [-0.15, -0.1) is 0 Å². The van der Waals surface area contributed by atoms with E-state index in [4.69, 9.17) is 0 Å². The molecule has 0 aliphatic carbocycles. The van der Waals surface area contributed by atoms with Crippen molar-refractivity contribution in [1.82, 2.24) is 0 Å². The van der Waals surface area contributed by atoms with Crippen LogP contribution < -0.4 is 0 Å². The van der Waals surface area contributed by atoms with Crippen molar-refractivity contribution < 1.29 is 0 Å². The average Bonchev–Trinajstić information content (AvgIpc) is 3.18. The van der Waals surface area contributed by atoms with Crippen LogP contribution >= 0.6 is 0 Å². The molecule has 8 aromatic rings. The first-order valence-electron chi connectivity index (χ1n) is 23.7. The van der Waals surface area contributed by atoms with E-state index in [2.05, 4.69) is 234 Å². The Kier molecular flexibility index (Phi) is 11.0. The van der Waals surface area contributed by atoms with E-state index in [1.54, 1.807) is 0 Å². The lowest BCUT2D eigenvalue weighted by Gasteiger charge is -2.34. The maximum Gasteiger partial charge on any atom is -0.000118 e. The molecule has 0 radical (unpaired) electrons. The second-order valence-electron chi connectivity index (χ2n) is 23.4. The second kappa shape index (κ2) is 15.6. The van der Waals surface area contributed by atoms with Gasteiger partial charge in [-0.25, -0.2) is 0 Å². The van der Waals surface area contributed by atoms with Crippen molar-refractivity contribution in [1.29, 1.82) is 0 Å². The summed E-state index contributed by atoms with van der Waals surface area (Å²) in [4.78, 5) is 0. The number of aryl methyl sites for hydroxylation is 6. The van der Waals surface area contributed by atoms with E-state index in [1.807, 2.05) is 0 Å². The van der Waals surface area contributed by atoms with Gasteiger partial charge in [0, 0.05) is 0 Å². The minimum absolute atomic E-state index is 0.0912. The van der Waals surface area contributed by atoms with Crippen molar-refractivity contribution in [2.75, 3.05) is 0 Å². The van der Waals surface area contributed by atoms with Crippen LogP contribution in [0.25, 0.3) is 76.8 Å². The van der Waals surface area contributed by atoms with E-state index >= 15 is 0 Å². The van der Waals surface area contributed by atoms with Gasteiger partial charge in [0.15, 0.2) is 0 Å². The maximum atomic E-state index is 2.63. The number of rotatable bonds is 4. The molecule has 0 amide bonds. The zero-order valence-electron chi connectivity index (χ0n) is 42.4. The van der Waals surface area contributed by atoms with Gasteiger partial charge in [0.1, 0.15) is 0 Å². The smallest absolute Gasteiger partial charge is 0.000118 e. The van der Waals surface area contributed by atoms with Gasteiger partial charge in [-0.2, -0.15) is 0 Å². The second-order valence-corrected chi connectivity index (χ2v) is 23.4. The third-order valence-electron chi connectivity index (χ3n) is 13.9. The highest BCUT2D eigenvalue weighted by Crippen LogP contribution is 2.57.